The topological polar surface area (TPSA) is 89.1 Å². The van der Waals surface area contributed by atoms with E-state index in [1.54, 1.807) is 14.2 Å². The van der Waals surface area contributed by atoms with Gasteiger partial charge >= 0.3 is 5.97 Å². The Kier molecular flexibility index (Phi) is 10.2. The minimum absolute atomic E-state index is 0.0608. The number of ether oxygens (including phenoxy) is 3. The zero-order chi connectivity index (χ0) is 36.8. The van der Waals surface area contributed by atoms with Gasteiger partial charge in [0.05, 0.1) is 36.8 Å². The zero-order valence-electron chi connectivity index (χ0n) is 30.4. The molecule has 1 amide bonds. The van der Waals surface area contributed by atoms with Gasteiger partial charge in [0.25, 0.3) is 0 Å². The van der Waals surface area contributed by atoms with Crippen molar-refractivity contribution in [3.05, 3.63) is 93.0 Å². The maximum atomic E-state index is 12.3. The van der Waals surface area contributed by atoms with Crippen molar-refractivity contribution in [2.75, 3.05) is 40.5 Å². The first-order valence-corrected chi connectivity index (χ1v) is 19.5. The fourth-order valence-electron chi connectivity index (χ4n) is 8.87. The van der Waals surface area contributed by atoms with Crippen LogP contribution in [0.3, 0.4) is 0 Å². The first-order valence-electron chi connectivity index (χ1n) is 18.7. The fourth-order valence-corrected chi connectivity index (χ4v) is 9.55. The van der Waals surface area contributed by atoms with Crippen molar-refractivity contribution in [1.82, 2.24) is 15.5 Å². The maximum Gasteiger partial charge on any atom is 0.311 e. The third kappa shape index (κ3) is 6.69. The van der Waals surface area contributed by atoms with Crippen LogP contribution in [0.15, 0.2) is 60.7 Å². The molecular formula is C43H45Cl2N3O5. The lowest BCUT2D eigenvalue weighted by molar-refractivity contribution is -0.155. The Morgan fingerprint density at radius 1 is 0.811 bits per heavy atom. The first-order chi connectivity index (χ1) is 25.8. The summed E-state index contributed by atoms with van der Waals surface area (Å²) in [4.78, 5) is 26.3. The van der Waals surface area contributed by atoms with Crippen molar-refractivity contribution in [3.63, 3.8) is 0 Å². The Balaban J connectivity index is 1.06. The zero-order valence-corrected chi connectivity index (χ0v) is 31.9. The van der Waals surface area contributed by atoms with Crippen LogP contribution >= 0.6 is 23.2 Å². The Morgan fingerprint density at radius 3 is 1.98 bits per heavy atom. The van der Waals surface area contributed by atoms with E-state index in [1.165, 1.54) is 22.3 Å². The molecule has 4 aromatic carbocycles. The Labute approximate surface area is 321 Å². The van der Waals surface area contributed by atoms with Gasteiger partial charge in [0.1, 0.15) is 11.5 Å². The number of likely N-dealkylation sites (tertiary alicyclic amines) is 1. The molecule has 4 aromatic rings. The van der Waals surface area contributed by atoms with E-state index in [-0.39, 0.29) is 35.9 Å². The predicted molar refractivity (Wildman–Crippen MR) is 209 cm³/mol. The van der Waals surface area contributed by atoms with E-state index < -0.39 is 0 Å². The molecule has 8 rings (SSSR count). The van der Waals surface area contributed by atoms with Gasteiger partial charge in [0.15, 0.2) is 0 Å². The summed E-state index contributed by atoms with van der Waals surface area (Å²) in [5, 5.41) is 8.00. The Bertz CT molecular complexity index is 2080. The summed E-state index contributed by atoms with van der Waals surface area (Å²) in [5.74, 6) is 1.64. The Morgan fingerprint density at radius 2 is 1.40 bits per heavy atom. The van der Waals surface area contributed by atoms with Gasteiger partial charge < -0.3 is 24.8 Å². The van der Waals surface area contributed by atoms with Crippen LogP contribution in [0.4, 0.5) is 0 Å². The number of nitrogens with one attached hydrogen (secondary N) is 2. The summed E-state index contributed by atoms with van der Waals surface area (Å²) in [7, 11) is 3.44. The smallest absolute Gasteiger partial charge is 0.311 e. The van der Waals surface area contributed by atoms with E-state index in [1.807, 2.05) is 43.3 Å². The summed E-state index contributed by atoms with van der Waals surface area (Å²) in [6, 6.07) is 21.4. The summed E-state index contributed by atoms with van der Waals surface area (Å²) in [6.45, 7) is 4.42. The van der Waals surface area contributed by atoms with Crippen LogP contribution in [0.5, 0.6) is 11.5 Å². The largest absolute Gasteiger partial charge is 0.496 e. The number of rotatable bonds is 11. The molecule has 0 aromatic heterocycles. The number of methoxy groups -OCH3 is 2. The summed E-state index contributed by atoms with van der Waals surface area (Å²) in [5.41, 5.74) is 10.4. The molecule has 276 valence electrons. The third-order valence-corrected chi connectivity index (χ3v) is 12.4. The number of hydrogen-bond donors (Lipinski definition) is 2. The highest BCUT2D eigenvalue weighted by molar-refractivity contribution is 6.39. The summed E-state index contributed by atoms with van der Waals surface area (Å²) >= 11 is 14.6. The lowest BCUT2D eigenvalue weighted by atomic mass is 9.92. The van der Waals surface area contributed by atoms with Crippen molar-refractivity contribution in [2.24, 2.45) is 5.92 Å². The predicted octanol–water partition coefficient (Wildman–Crippen LogP) is 8.35. The van der Waals surface area contributed by atoms with Crippen molar-refractivity contribution in [1.29, 1.82) is 0 Å². The molecular weight excluding hydrogens is 709 g/mol. The van der Waals surface area contributed by atoms with E-state index in [2.05, 4.69) is 39.8 Å². The number of amides is 1. The molecule has 2 fully saturated rings. The molecule has 4 aliphatic rings. The average Bonchev–Trinajstić information content (AvgIpc) is 3.88. The van der Waals surface area contributed by atoms with Crippen molar-refractivity contribution in [2.45, 2.75) is 63.6 Å². The lowest BCUT2D eigenvalue weighted by Crippen LogP contribution is -2.51. The van der Waals surface area contributed by atoms with Gasteiger partial charge in [0.2, 0.25) is 5.91 Å². The molecule has 53 heavy (non-hydrogen) atoms. The van der Waals surface area contributed by atoms with E-state index >= 15 is 0 Å². The fraction of sp³-hybridized carbons (Fsp3) is 0.395. The number of hydrogen-bond acceptors (Lipinski definition) is 7. The molecule has 2 aliphatic heterocycles. The van der Waals surface area contributed by atoms with E-state index in [4.69, 9.17) is 37.4 Å². The van der Waals surface area contributed by atoms with Gasteiger partial charge in [-0.3, -0.25) is 14.5 Å². The van der Waals surface area contributed by atoms with Crippen molar-refractivity contribution >= 4 is 35.1 Å². The SMILES string of the molecule is CCOC(=O)C1CN(C2CCc3cc(-c4cccc(-c5cccc(-c6cc7c(c(OC)c6)[C@@H](NC[C@@H]6CCC(=O)N6)CC7)c5Cl)c4Cl)cc(OC)c32)C1. The van der Waals surface area contributed by atoms with E-state index in [9.17, 15) is 9.59 Å². The van der Waals surface area contributed by atoms with Crippen LogP contribution < -0.4 is 20.1 Å². The van der Waals surface area contributed by atoms with Gasteiger partial charge in [-0.2, -0.15) is 0 Å². The van der Waals surface area contributed by atoms with Crippen LogP contribution in [0.25, 0.3) is 33.4 Å². The molecule has 10 heteroatoms. The average molecular weight is 755 g/mol. The number of nitrogens with zero attached hydrogens (tertiary/aromatic N) is 1. The molecule has 0 spiro atoms. The van der Waals surface area contributed by atoms with Crippen LogP contribution in [0, 0.1) is 5.92 Å². The maximum absolute atomic E-state index is 12.3. The number of fused-ring (bicyclic) bond motifs is 2. The van der Waals surface area contributed by atoms with Crippen LogP contribution in [0.1, 0.15) is 66.9 Å². The van der Waals surface area contributed by atoms with Gasteiger partial charge in [-0.05, 0) is 73.4 Å². The molecule has 1 unspecified atom stereocenters. The van der Waals surface area contributed by atoms with E-state index in [0.29, 0.717) is 36.2 Å². The number of esters is 1. The van der Waals surface area contributed by atoms with Crippen molar-refractivity contribution < 1.29 is 23.8 Å². The summed E-state index contributed by atoms with van der Waals surface area (Å²) < 4.78 is 17.2. The number of carbonyl (C=O) groups excluding carboxylic acids is 2. The number of aryl methyl sites for hydroxylation is 2. The molecule has 0 saturated carbocycles. The summed E-state index contributed by atoms with van der Waals surface area (Å²) in [6.07, 6.45) is 5.26. The second-order valence-electron chi connectivity index (χ2n) is 14.6. The molecule has 0 bridgehead atoms. The van der Waals surface area contributed by atoms with Crippen LogP contribution in [-0.2, 0) is 27.2 Å². The van der Waals surface area contributed by atoms with Gasteiger partial charge in [-0.1, -0.05) is 71.7 Å². The normalized spacial score (nSPS) is 20.8. The number of carbonyl (C=O) groups is 2. The first kappa shape index (κ1) is 35.9. The highest BCUT2D eigenvalue weighted by atomic mass is 35.5. The third-order valence-electron chi connectivity index (χ3n) is 11.5. The molecule has 2 N–H and O–H groups in total. The molecule has 8 nitrogen and oxygen atoms in total. The molecule has 2 saturated heterocycles. The molecule has 3 atom stereocenters. The minimum atomic E-state index is -0.105. The second kappa shape index (κ2) is 15.0. The highest BCUT2D eigenvalue weighted by Gasteiger charge is 2.41. The number of benzene rings is 4. The number of halogens is 2. The van der Waals surface area contributed by atoms with Gasteiger partial charge in [0, 0.05) is 77.6 Å². The Hall–Kier alpha value is -4.08. The molecule has 0 radical (unpaired) electrons. The van der Waals surface area contributed by atoms with Gasteiger partial charge in [-0.25, -0.2) is 0 Å². The molecule has 2 aliphatic carbocycles. The van der Waals surface area contributed by atoms with Crippen LogP contribution in [-0.4, -0.2) is 63.3 Å². The molecule has 2 heterocycles. The van der Waals surface area contributed by atoms with Crippen molar-refractivity contribution in [3.8, 4) is 44.9 Å². The van der Waals surface area contributed by atoms with E-state index in [0.717, 1.165) is 83.5 Å². The monoisotopic (exact) mass is 753 g/mol. The lowest BCUT2D eigenvalue weighted by Gasteiger charge is -2.42. The standard InChI is InChI=1S/C43H45Cl2N3O5/c1-4-53-43(50)28-22-48(23-28)35-15-12-25-18-27(20-37(52-3)40(25)35)31-8-6-10-33(42(31)45)32-9-5-7-30(41(32)44)26-17-24-11-14-34(39(24)36(19-26)51-2)46-21-29-13-16-38(49)47-29/h5-10,17-20,28-29,34-35,46H,4,11-16,21-23H2,1-3H3,(H,47,49)/t29-,34-,35?/m0/s1. The minimum Gasteiger partial charge on any atom is -0.496 e. The van der Waals surface area contributed by atoms with Gasteiger partial charge in [-0.15, -0.1) is 0 Å². The second-order valence-corrected chi connectivity index (χ2v) is 15.4. The highest BCUT2D eigenvalue weighted by Crippen LogP contribution is 2.49. The quantitative estimate of drug-likeness (QED) is 0.149. The van der Waals surface area contributed by atoms with Crippen LogP contribution in [0.2, 0.25) is 10.0 Å².